The van der Waals surface area contributed by atoms with Crippen molar-refractivity contribution in [2.24, 2.45) is 0 Å². The first-order valence-corrected chi connectivity index (χ1v) is 40.6. The molecule has 0 aliphatic heterocycles. The highest BCUT2D eigenvalue weighted by Crippen LogP contribution is 2.20. The van der Waals surface area contributed by atoms with Gasteiger partial charge >= 0.3 is 5.97 Å². The van der Waals surface area contributed by atoms with Gasteiger partial charge in [-0.2, -0.15) is 0 Å². The number of amides is 1. The first-order valence-electron chi connectivity index (χ1n) is 40.6. The average molecular weight is 1240 g/mol. The third kappa shape index (κ3) is 73.4. The fourth-order valence-corrected chi connectivity index (χ4v) is 13.1. The van der Waals surface area contributed by atoms with Crippen molar-refractivity contribution >= 4 is 11.9 Å². The molecule has 0 heterocycles. The van der Waals surface area contributed by atoms with Crippen LogP contribution in [0.2, 0.25) is 0 Å². The molecule has 0 aromatic heterocycles. The van der Waals surface area contributed by atoms with Gasteiger partial charge in [0, 0.05) is 12.8 Å². The first-order chi connectivity index (χ1) is 43.5. The zero-order chi connectivity index (χ0) is 63.5. The van der Waals surface area contributed by atoms with Crippen LogP contribution in [0.3, 0.4) is 0 Å². The number of nitrogens with one attached hydrogen (secondary N) is 1. The minimum atomic E-state index is -0.665. The minimum Gasteiger partial charge on any atom is -0.466 e. The van der Waals surface area contributed by atoms with E-state index in [-0.39, 0.29) is 18.5 Å². The lowest BCUT2D eigenvalue weighted by atomic mass is 10.0. The second-order valence-electron chi connectivity index (χ2n) is 28.1. The molecule has 0 aliphatic carbocycles. The number of hydrogen-bond donors (Lipinski definition) is 3. The molecule has 88 heavy (non-hydrogen) atoms. The Hall–Kier alpha value is -1.66. The summed E-state index contributed by atoms with van der Waals surface area (Å²) in [5.41, 5.74) is 0. The van der Waals surface area contributed by atoms with E-state index in [4.69, 9.17) is 4.74 Å². The molecule has 0 spiro atoms. The summed E-state index contributed by atoms with van der Waals surface area (Å²) < 4.78 is 5.51. The molecule has 6 nitrogen and oxygen atoms in total. The van der Waals surface area contributed by atoms with Gasteiger partial charge in [-0.1, -0.05) is 417 Å². The SMILES string of the molecule is CCCCCCCCCCCCCCCCCCCCCCCCC(O)C(CO)NC(=O)CCCCCCCCCCCCCCCCC/C=C\C/C=C\CCCCCCCCCCCOC(=O)CCCCCCCCCCCCCCCCCCCC. The number of allylic oxidation sites excluding steroid dienone is 4. The van der Waals surface area contributed by atoms with Crippen LogP contribution in [-0.2, 0) is 14.3 Å². The largest absolute Gasteiger partial charge is 0.466 e. The van der Waals surface area contributed by atoms with E-state index in [0.29, 0.717) is 25.9 Å². The van der Waals surface area contributed by atoms with Crippen molar-refractivity contribution in [1.29, 1.82) is 0 Å². The van der Waals surface area contributed by atoms with Gasteiger partial charge in [-0.3, -0.25) is 9.59 Å². The maximum atomic E-state index is 12.6. The molecule has 0 bridgehead atoms. The van der Waals surface area contributed by atoms with Crippen molar-refractivity contribution < 1.29 is 24.5 Å². The number of ether oxygens (including phenoxy) is 1. The van der Waals surface area contributed by atoms with E-state index in [1.807, 2.05) is 0 Å². The van der Waals surface area contributed by atoms with Gasteiger partial charge in [0.1, 0.15) is 0 Å². The van der Waals surface area contributed by atoms with E-state index in [2.05, 4.69) is 43.5 Å². The Bertz CT molecular complexity index is 1380. The normalized spacial score (nSPS) is 12.5. The number of unbranched alkanes of at least 4 members (excludes halogenated alkanes) is 62. The molecule has 1 amide bonds. The van der Waals surface area contributed by atoms with Crippen molar-refractivity contribution in [3.05, 3.63) is 24.3 Å². The number of carbonyl (C=O) groups excluding carboxylic acids is 2. The quantitative estimate of drug-likeness (QED) is 0.0320. The van der Waals surface area contributed by atoms with Crippen LogP contribution in [0.25, 0.3) is 0 Å². The van der Waals surface area contributed by atoms with Crippen LogP contribution in [0, 0.1) is 0 Å². The monoisotopic (exact) mass is 1240 g/mol. The van der Waals surface area contributed by atoms with E-state index in [9.17, 15) is 19.8 Å². The molecule has 0 aromatic rings. The van der Waals surface area contributed by atoms with Gasteiger partial charge in [0.2, 0.25) is 5.91 Å². The summed E-state index contributed by atoms with van der Waals surface area (Å²) >= 11 is 0. The third-order valence-electron chi connectivity index (χ3n) is 19.3. The van der Waals surface area contributed by atoms with Crippen LogP contribution in [0.15, 0.2) is 24.3 Å². The first kappa shape index (κ1) is 86.3. The molecule has 0 saturated heterocycles. The number of aliphatic hydroxyl groups is 2. The maximum Gasteiger partial charge on any atom is 0.305 e. The predicted octanol–water partition coefficient (Wildman–Crippen LogP) is 26.8. The molecule has 2 atom stereocenters. The Morgan fingerprint density at radius 3 is 0.864 bits per heavy atom. The van der Waals surface area contributed by atoms with Crippen LogP contribution >= 0.6 is 0 Å². The Balaban J connectivity index is 3.37. The maximum absolute atomic E-state index is 12.6. The highest BCUT2D eigenvalue weighted by atomic mass is 16.5. The Morgan fingerprint density at radius 1 is 0.318 bits per heavy atom. The van der Waals surface area contributed by atoms with Crippen LogP contribution in [-0.4, -0.2) is 47.4 Å². The lowest BCUT2D eigenvalue weighted by Crippen LogP contribution is -2.45. The number of esters is 1. The smallest absolute Gasteiger partial charge is 0.305 e. The van der Waals surface area contributed by atoms with E-state index >= 15 is 0 Å². The highest BCUT2D eigenvalue weighted by Gasteiger charge is 2.20. The van der Waals surface area contributed by atoms with Crippen molar-refractivity contribution in [1.82, 2.24) is 5.32 Å². The number of rotatable bonds is 77. The lowest BCUT2D eigenvalue weighted by Gasteiger charge is -2.22. The van der Waals surface area contributed by atoms with Gasteiger partial charge in [-0.25, -0.2) is 0 Å². The van der Waals surface area contributed by atoms with Crippen molar-refractivity contribution in [3.63, 3.8) is 0 Å². The molecular formula is C82H159NO5. The summed E-state index contributed by atoms with van der Waals surface area (Å²) in [6, 6.07) is -0.542. The van der Waals surface area contributed by atoms with Gasteiger partial charge in [0.05, 0.1) is 25.4 Å². The minimum absolute atomic E-state index is 0.0188. The Morgan fingerprint density at radius 2 is 0.568 bits per heavy atom. The number of carbonyl (C=O) groups is 2. The van der Waals surface area contributed by atoms with E-state index in [1.165, 1.54) is 385 Å². The van der Waals surface area contributed by atoms with Gasteiger partial charge in [0.15, 0.2) is 0 Å². The van der Waals surface area contributed by atoms with Crippen molar-refractivity contribution in [2.45, 2.75) is 475 Å². The molecule has 0 rings (SSSR count). The zero-order valence-electron chi connectivity index (χ0n) is 60.0. The highest BCUT2D eigenvalue weighted by molar-refractivity contribution is 5.76. The van der Waals surface area contributed by atoms with E-state index < -0.39 is 12.1 Å². The summed E-state index contributed by atoms with van der Waals surface area (Å²) in [4.78, 5) is 24.7. The zero-order valence-corrected chi connectivity index (χ0v) is 60.0. The Labute approximate surface area is 551 Å². The average Bonchev–Trinajstić information content (AvgIpc) is 3.58. The fraction of sp³-hybridized carbons (Fsp3) is 0.927. The van der Waals surface area contributed by atoms with Gasteiger partial charge in [0.25, 0.3) is 0 Å². The molecular weight excluding hydrogens is 1080 g/mol. The summed E-state index contributed by atoms with van der Waals surface area (Å²) in [7, 11) is 0. The summed E-state index contributed by atoms with van der Waals surface area (Å²) in [6.45, 7) is 5.01. The molecule has 0 fully saturated rings. The molecule has 6 heteroatoms. The molecule has 0 saturated carbocycles. The molecule has 0 aliphatic rings. The molecule has 3 N–H and O–H groups in total. The van der Waals surface area contributed by atoms with E-state index in [0.717, 1.165) is 44.9 Å². The second kappa shape index (κ2) is 77.8. The molecule has 522 valence electrons. The number of aliphatic hydroxyl groups excluding tert-OH is 2. The van der Waals surface area contributed by atoms with Crippen LogP contribution < -0.4 is 5.32 Å². The van der Waals surface area contributed by atoms with Crippen molar-refractivity contribution in [2.75, 3.05) is 13.2 Å². The number of hydrogen-bond acceptors (Lipinski definition) is 5. The Kier molecular flexibility index (Phi) is 76.3. The summed E-state index contributed by atoms with van der Waals surface area (Å²) in [5, 5.41) is 23.5. The standard InChI is InChI=1S/C82H159NO5/c1-3-5-7-9-11-13-15-17-19-21-23-24-36-39-42-46-50-54-58-62-66-70-74-80(85)79(78-84)83-81(86)75-71-67-63-59-55-51-47-43-40-37-34-32-30-28-26-25-27-29-31-33-35-38-41-45-49-53-57-61-65-69-73-77-88-82(87)76-72-68-64-60-56-52-48-44-22-20-18-16-14-12-10-8-6-4-2/h27,29,33,35,79-80,84-85H,3-26,28,30-32,34,36-78H2,1-2H3,(H,83,86)/b29-27-,35-33-. The summed E-state index contributed by atoms with van der Waals surface area (Å²) in [6.07, 6.45) is 99.9. The third-order valence-corrected chi connectivity index (χ3v) is 19.3. The van der Waals surface area contributed by atoms with Gasteiger partial charge in [-0.05, 0) is 57.8 Å². The van der Waals surface area contributed by atoms with E-state index in [1.54, 1.807) is 0 Å². The van der Waals surface area contributed by atoms with Crippen molar-refractivity contribution in [3.8, 4) is 0 Å². The van der Waals surface area contributed by atoms with Gasteiger partial charge < -0.3 is 20.3 Å². The van der Waals surface area contributed by atoms with Gasteiger partial charge in [-0.15, -0.1) is 0 Å². The van der Waals surface area contributed by atoms with Crippen LogP contribution in [0.1, 0.15) is 463 Å². The topological polar surface area (TPSA) is 95.9 Å². The fourth-order valence-electron chi connectivity index (χ4n) is 13.1. The molecule has 0 aromatic carbocycles. The second-order valence-corrected chi connectivity index (χ2v) is 28.1. The van der Waals surface area contributed by atoms with Crippen LogP contribution in [0.4, 0.5) is 0 Å². The molecule has 0 radical (unpaired) electrons. The predicted molar refractivity (Wildman–Crippen MR) is 389 cm³/mol. The molecule has 2 unspecified atom stereocenters. The lowest BCUT2D eigenvalue weighted by molar-refractivity contribution is -0.143. The summed E-state index contributed by atoms with van der Waals surface area (Å²) in [5.74, 6) is -0.0101. The van der Waals surface area contributed by atoms with Crippen LogP contribution in [0.5, 0.6) is 0 Å².